The van der Waals surface area contributed by atoms with Crippen LogP contribution in [0.4, 0.5) is 10.5 Å². The predicted molar refractivity (Wildman–Crippen MR) is 106 cm³/mol. The molecule has 6 heteroatoms. The van der Waals surface area contributed by atoms with Crippen molar-refractivity contribution in [3.63, 3.8) is 0 Å². The van der Waals surface area contributed by atoms with Crippen molar-refractivity contribution in [2.75, 3.05) is 31.8 Å². The molecule has 1 N–H and O–H groups in total. The minimum atomic E-state index is -0.0808. The molecule has 26 heavy (non-hydrogen) atoms. The Hall–Kier alpha value is -2.34. The maximum absolute atomic E-state index is 12.9. The normalized spacial score (nSPS) is 16.4. The quantitative estimate of drug-likeness (QED) is 0.837. The van der Waals surface area contributed by atoms with E-state index in [0.717, 1.165) is 40.5 Å². The Labute approximate surface area is 158 Å². The van der Waals surface area contributed by atoms with Crippen molar-refractivity contribution in [3.8, 4) is 11.5 Å². The van der Waals surface area contributed by atoms with Crippen molar-refractivity contribution in [1.82, 2.24) is 4.90 Å². The zero-order chi connectivity index (χ0) is 18.5. The number of hydrogen-bond acceptors (Lipinski definition) is 4. The summed E-state index contributed by atoms with van der Waals surface area (Å²) in [6.07, 6.45) is 0.877. The fraction of sp³-hybridized carbons (Fsp3) is 0.350. The van der Waals surface area contributed by atoms with Crippen molar-refractivity contribution in [3.05, 3.63) is 53.6 Å². The number of urea groups is 1. The molecule has 138 valence electrons. The molecule has 0 bridgehead atoms. The summed E-state index contributed by atoms with van der Waals surface area (Å²) in [6, 6.07) is 13.6. The molecule has 5 nitrogen and oxygen atoms in total. The largest absolute Gasteiger partial charge is 0.497 e. The zero-order valence-corrected chi connectivity index (χ0v) is 16.1. The highest BCUT2D eigenvalue weighted by molar-refractivity contribution is 7.99. The van der Waals surface area contributed by atoms with Gasteiger partial charge in [-0.3, -0.25) is 0 Å². The number of nitrogens with one attached hydrogen (secondary N) is 1. The average molecular weight is 372 g/mol. The number of rotatable bonds is 5. The summed E-state index contributed by atoms with van der Waals surface area (Å²) >= 11 is 1.74. The van der Waals surface area contributed by atoms with Gasteiger partial charge in [-0.05, 0) is 35.7 Å². The van der Waals surface area contributed by atoms with Gasteiger partial charge in [0.1, 0.15) is 16.9 Å². The molecule has 0 aliphatic carbocycles. The summed E-state index contributed by atoms with van der Waals surface area (Å²) in [7, 11) is 3.26. The number of ether oxygens (including phenoxy) is 2. The van der Waals surface area contributed by atoms with E-state index < -0.39 is 0 Å². The Balaban J connectivity index is 1.83. The van der Waals surface area contributed by atoms with Crippen LogP contribution in [-0.4, -0.2) is 37.4 Å². The van der Waals surface area contributed by atoms with Gasteiger partial charge in [0, 0.05) is 24.1 Å². The molecule has 0 radical (unpaired) electrons. The van der Waals surface area contributed by atoms with Crippen LogP contribution in [0.2, 0.25) is 0 Å². The number of benzene rings is 2. The first-order valence-corrected chi connectivity index (χ1v) is 9.71. The van der Waals surface area contributed by atoms with Crippen LogP contribution < -0.4 is 14.8 Å². The number of carbonyl (C=O) groups is 1. The summed E-state index contributed by atoms with van der Waals surface area (Å²) in [5.41, 5.74) is 3.01. The zero-order valence-electron chi connectivity index (χ0n) is 15.3. The molecule has 1 saturated heterocycles. The van der Waals surface area contributed by atoms with Gasteiger partial charge in [-0.1, -0.05) is 25.1 Å². The van der Waals surface area contributed by atoms with Crippen molar-refractivity contribution in [2.24, 2.45) is 0 Å². The van der Waals surface area contributed by atoms with Crippen molar-refractivity contribution < 1.29 is 14.3 Å². The van der Waals surface area contributed by atoms with Crippen LogP contribution in [0.3, 0.4) is 0 Å². The van der Waals surface area contributed by atoms with Crippen LogP contribution in [0.1, 0.15) is 23.4 Å². The first kappa shape index (κ1) is 18.5. The molecular weight excluding hydrogens is 348 g/mol. The van der Waals surface area contributed by atoms with E-state index in [2.05, 4.69) is 12.2 Å². The van der Waals surface area contributed by atoms with Gasteiger partial charge < -0.3 is 19.7 Å². The Morgan fingerprint density at radius 2 is 1.88 bits per heavy atom. The fourth-order valence-electron chi connectivity index (χ4n) is 3.06. The van der Waals surface area contributed by atoms with Crippen molar-refractivity contribution in [1.29, 1.82) is 0 Å². The molecule has 0 aromatic heterocycles. The average Bonchev–Trinajstić information content (AvgIpc) is 3.18. The van der Waals surface area contributed by atoms with E-state index in [1.807, 2.05) is 47.4 Å². The second-order valence-corrected chi connectivity index (χ2v) is 7.19. The number of nitrogens with zero attached hydrogens (tertiary/aromatic N) is 1. The third-order valence-electron chi connectivity index (χ3n) is 4.45. The van der Waals surface area contributed by atoms with E-state index in [1.165, 1.54) is 0 Å². The predicted octanol–water partition coefficient (Wildman–Crippen LogP) is 4.55. The molecule has 3 rings (SSSR count). The molecule has 1 atom stereocenters. The van der Waals surface area contributed by atoms with Crippen LogP contribution in [0, 0.1) is 0 Å². The number of anilines is 1. The molecule has 0 saturated carbocycles. The van der Waals surface area contributed by atoms with E-state index in [-0.39, 0.29) is 11.4 Å². The van der Waals surface area contributed by atoms with Gasteiger partial charge in [0.05, 0.1) is 14.2 Å². The lowest BCUT2D eigenvalue weighted by atomic mass is 10.1. The molecule has 2 aromatic rings. The van der Waals surface area contributed by atoms with Gasteiger partial charge in [-0.15, -0.1) is 11.8 Å². The maximum Gasteiger partial charge on any atom is 0.323 e. The van der Waals surface area contributed by atoms with Crippen LogP contribution in [0.5, 0.6) is 11.5 Å². The molecule has 1 aliphatic rings. The summed E-state index contributed by atoms with van der Waals surface area (Å²) in [6.45, 7) is 2.79. The molecule has 1 fully saturated rings. The number of carbonyl (C=O) groups excluding carboxylic acids is 1. The minimum absolute atomic E-state index is 0.0622. The minimum Gasteiger partial charge on any atom is -0.497 e. The van der Waals surface area contributed by atoms with Gasteiger partial charge >= 0.3 is 6.03 Å². The molecular formula is C20H24N2O3S. The highest BCUT2D eigenvalue weighted by Crippen LogP contribution is 2.41. The topological polar surface area (TPSA) is 50.8 Å². The molecule has 1 aliphatic heterocycles. The lowest BCUT2D eigenvalue weighted by Gasteiger charge is -2.25. The lowest BCUT2D eigenvalue weighted by molar-refractivity contribution is 0.214. The van der Waals surface area contributed by atoms with Gasteiger partial charge in [-0.2, -0.15) is 0 Å². The smallest absolute Gasteiger partial charge is 0.323 e. The van der Waals surface area contributed by atoms with E-state index in [1.54, 1.807) is 26.0 Å². The molecule has 0 unspecified atom stereocenters. The van der Waals surface area contributed by atoms with Crippen LogP contribution in [-0.2, 0) is 6.42 Å². The van der Waals surface area contributed by atoms with Gasteiger partial charge in [0.25, 0.3) is 0 Å². The van der Waals surface area contributed by atoms with Crippen LogP contribution in [0.15, 0.2) is 42.5 Å². The highest BCUT2D eigenvalue weighted by Gasteiger charge is 2.31. The van der Waals surface area contributed by atoms with E-state index >= 15 is 0 Å². The monoisotopic (exact) mass is 372 g/mol. The van der Waals surface area contributed by atoms with E-state index in [0.29, 0.717) is 6.54 Å². The Morgan fingerprint density at radius 1 is 1.19 bits per heavy atom. The van der Waals surface area contributed by atoms with Gasteiger partial charge in [0.15, 0.2) is 0 Å². The number of methoxy groups -OCH3 is 2. The second-order valence-electron chi connectivity index (χ2n) is 6.00. The van der Waals surface area contributed by atoms with Crippen molar-refractivity contribution in [2.45, 2.75) is 18.7 Å². The fourth-order valence-corrected chi connectivity index (χ4v) is 4.30. The first-order valence-electron chi connectivity index (χ1n) is 8.66. The molecule has 1 heterocycles. The third kappa shape index (κ3) is 3.90. The van der Waals surface area contributed by atoms with Gasteiger partial charge in [0.2, 0.25) is 0 Å². The Kier molecular flexibility index (Phi) is 5.93. The standard InChI is InChI=1S/C20H24N2O3S/c1-4-14-7-5-6-8-18(14)21-20(23)22-9-10-26-19(22)15-11-16(24-2)13-17(12-15)25-3/h5-8,11-13,19H,4,9-10H2,1-3H3,(H,21,23)/t19-/m0/s1. The van der Waals surface area contributed by atoms with E-state index in [4.69, 9.17) is 9.47 Å². The van der Waals surface area contributed by atoms with Crippen LogP contribution in [0.25, 0.3) is 0 Å². The van der Waals surface area contributed by atoms with Crippen LogP contribution >= 0.6 is 11.8 Å². The molecule has 2 aromatic carbocycles. The second kappa shape index (κ2) is 8.36. The SMILES string of the molecule is CCc1ccccc1NC(=O)N1CCS[C@H]1c1cc(OC)cc(OC)c1. The number of hydrogen-bond donors (Lipinski definition) is 1. The van der Waals surface area contributed by atoms with Crippen molar-refractivity contribution >= 4 is 23.5 Å². The number of para-hydroxylation sites is 1. The highest BCUT2D eigenvalue weighted by atomic mass is 32.2. The summed E-state index contributed by atoms with van der Waals surface area (Å²) < 4.78 is 10.7. The van der Waals surface area contributed by atoms with Gasteiger partial charge in [-0.25, -0.2) is 4.79 Å². The molecule has 2 amide bonds. The molecule has 0 spiro atoms. The summed E-state index contributed by atoms with van der Waals surface area (Å²) in [4.78, 5) is 14.8. The first-order chi connectivity index (χ1) is 12.7. The number of aryl methyl sites for hydroxylation is 1. The summed E-state index contributed by atoms with van der Waals surface area (Å²) in [5.74, 6) is 2.35. The number of thioether (sulfide) groups is 1. The van der Waals surface area contributed by atoms with E-state index in [9.17, 15) is 4.79 Å². The summed E-state index contributed by atoms with van der Waals surface area (Å²) in [5, 5.41) is 3.01. The third-order valence-corrected chi connectivity index (χ3v) is 5.71. The Morgan fingerprint density at radius 3 is 2.54 bits per heavy atom. The Bertz CT molecular complexity index is 759. The number of amides is 2. The lowest BCUT2D eigenvalue weighted by Crippen LogP contribution is -2.34. The maximum atomic E-state index is 12.9.